The molecule has 0 amide bonds. The minimum Gasteiger partial charge on any atom is -0.384 e. The first-order chi connectivity index (χ1) is 9.31. The fraction of sp³-hybridized carbons (Fsp3) is 0. The Bertz CT molecular complexity index is 660. The van der Waals surface area contributed by atoms with Gasteiger partial charge in [0.1, 0.15) is 5.82 Å². The van der Waals surface area contributed by atoms with Crippen LogP contribution in [0.5, 0.6) is 0 Å². The first-order valence-corrected chi connectivity index (χ1v) is 5.75. The molecule has 1 aromatic carbocycles. The number of nitrogens with one attached hydrogen (secondary N) is 1. The van der Waals surface area contributed by atoms with E-state index in [9.17, 15) is 0 Å². The van der Waals surface area contributed by atoms with E-state index < -0.39 is 0 Å². The second-order valence-electron chi connectivity index (χ2n) is 3.95. The summed E-state index contributed by atoms with van der Waals surface area (Å²) in [4.78, 5) is 12.2. The lowest BCUT2D eigenvalue weighted by Gasteiger charge is -2.06. The molecule has 3 N–H and O–H groups in total. The zero-order valence-electron chi connectivity index (χ0n) is 10.1. The first kappa shape index (κ1) is 11.2. The molecule has 3 rings (SSSR count). The summed E-state index contributed by atoms with van der Waals surface area (Å²) < 4.78 is 1.93. The van der Waals surface area contributed by atoms with Gasteiger partial charge in [-0.15, -0.1) is 0 Å². The number of rotatable bonds is 3. The van der Waals surface area contributed by atoms with Crippen LogP contribution in [-0.4, -0.2) is 19.5 Å². The summed E-state index contributed by atoms with van der Waals surface area (Å²) in [6.07, 6.45) is 7.00. The van der Waals surface area contributed by atoms with Gasteiger partial charge in [0.05, 0.1) is 6.33 Å². The Labute approximate surface area is 110 Å². The smallest absolute Gasteiger partial charge is 0.229 e. The van der Waals surface area contributed by atoms with Crippen molar-refractivity contribution in [3.63, 3.8) is 0 Å². The molecule has 0 fully saturated rings. The molecule has 0 spiro atoms. The molecule has 0 saturated heterocycles. The van der Waals surface area contributed by atoms with Gasteiger partial charge >= 0.3 is 0 Å². The van der Waals surface area contributed by atoms with Crippen molar-refractivity contribution < 1.29 is 0 Å². The van der Waals surface area contributed by atoms with Crippen LogP contribution in [0.1, 0.15) is 0 Å². The third-order valence-electron chi connectivity index (χ3n) is 2.60. The molecule has 2 aromatic heterocycles. The highest BCUT2D eigenvalue weighted by Crippen LogP contribution is 2.16. The van der Waals surface area contributed by atoms with Gasteiger partial charge in [-0.2, -0.15) is 4.98 Å². The van der Waals surface area contributed by atoms with Crippen molar-refractivity contribution in [1.82, 2.24) is 19.5 Å². The van der Waals surface area contributed by atoms with Gasteiger partial charge in [-0.25, -0.2) is 9.97 Å². The largest absolute Gasteiger partial charge is 0.384 e. The number of nitrogen functional groups attached to an aromatic ring is 1. The van der Waals surface area contributed by atoms with E-state index >= 15 is 0 Å². The van der Waals surface area contributed by atoms with Gasteiger partial charge in [0, 0.05) is 30.0 Å². The second kappa shape index (κ2) is 4.77. The Morgan fingerprint density at radius 1 is 1.05 bits per heavy atom. The molecular weight excluding hydrogens is 240 g/mol. The van der Waals surface area contributed by atoms with E-state index in [2.05, 4.69) is 20.3 Å². The fourth-order valence-corrected chi connectivity index (χ4v) is 1.69. The molecule has 0 aliphatic heterocycles. The monoisotopic (exact) mass is 252 g/mol. The molecule has 94 valence electrons. The molecule has 6 nitrogen and oxygen atoms in total. The number of imidazole rings is 1. The minimum atomic E-state index is 0.438. The van der Waals surface area contributed by atoms with E-state index in [1.807, 2.05) is 35.0 Å². The molecule has 2 heterocycles. The Hall–Kier alpha value is -2.89. The molecule has 0 aliphatic rings. The van der Waals surface area contributed by atoms with Crippen molar-refractivity contribution in [3.8, 4) is 5.69 Å². The lowest BCUT2D eigenvalue weighted by atomic mass is 10.3. The maximum Gasteiger partial charge on any atom is 0.229 e. The summed E-state index contributed by atoms with van der Waals surface area (Å²) in [6.45, 7) is 0. The third-order valence-corrected chi connectivity index (χ3v) is 2.60. The van der Waals surface area contributed by atoms with E-state index in [1.54, 1.807) is 24.8 Å². The highest BCUT2D eigenvalue weighted by molar-refractivity contribution is 5.56. The average Bonchev–Trinajstić information content (AvgIpc) is 2.94. The topological polar surface area (TPSA) is 81.6 Å². The Kier molecular flexibility index (Phi) is 2.82. The third kappa shape index (κ3) is 2.52. The van der Waals surface area contributed by atoms with Crippen molar-refractivity contribution in [2.24, 2.45) is 0 Å². The van der Waals surface area contributed by atoms with Gasteiger partial charge in [-0.3, -0.25) is 0 Å². The van der Waals surface area contributed by atoms with Crippen molar-refractivity contribution in [1.29, 1.82) is 0 Å². The molecule has 3 aromatic rings. The van der Waals surface area contributed by atoms with Crippen LogP contribution in [0.25, 0.3) is 5.69 Å². The predicted octanol–water partition coefficient (Wildman–Crippen LogP) is 1.99. The van der Waals surface area contributed by atoms with Crippen molar-refractivity contribution in [2.45, 2.75) is 0 Å². The molecule has 0 aliphatic carbocycles. The zero-order valence-corrected chi connectivity index (χ0v) is 10.1. The van der Waals surface area contributed by atoms with Crippen LogP contribution in [-0.2, 0) is 0 Å². The molecule has 0 saturated carbocycles. The molecule has 19 heavy (non-hydrogen) atoms. The Morgan fingerprint density at radius 2 is 1.89 bits per heavy atom. The van der Waals surface area contributed by atoms with Gasteiger partial charge in [-0.1, -0.05) is 0 Å². The number of anilines is 3. The molecule has 0 bridgehead atoms. The Morgan fingerprint density at radius 3 is 2.58 bits per heavy atom. The normalized spacial score (nSPS) is 10.3. The minimum absolute atomic E-state index is 0.438. The fourth-order valence-electron chi connectivity index (χ4n) is 1.69. The maximum absolute atomic E-state index is 5.60. The SMILES string of the molecule is Nc1ccnc(Nc2ccc(-n3ccnc3)cc2)n1. The quantitative estimate of drug-likeness (QED) is 0.745. The summed E-state index contributed by atoms with van der Waals surface area (Å²) in [5.74, 6) is 0.919. The lowest BCUT2D eigenvalue weighted by Crippen LogP contribution is -1.99. The summed E-state index contributed by atoms with van der Waals surface area (Å²) in [5.41, 5.74) is 7.54. The van der Waals surface area contributed by atoms with Crippen LogP contribution in [0.15, 0.2) is 55.2 Å². The van der Waals surface area contributed by atoms with Gasteiger partial charge in [-0.05, 0) is 30.3 Å². The number of benzene rings is 1. The number of aromatic nitrogens is 4. The highest BCUT2D eigenvalue weighted by atomic mass is 15.1. The van der Waals surface area contributed by atoms with Crippen LogP contribution in [0, 0.1) is 0 Å². The summed E-state index contributed by atoms with van der Waals surface area (Å²) >= 11 is 0. The van der Waals surface area contributed by atoms with E-state index in [4.69, 9.17) is 5.73 Å². The van der Waals surface area contributed by atoms with Crippen LogP contribution >= 0.6 is 0 Å². The second-order valence-corrected chi connectivity index (χ2v) is 3.95. The van der Waals surface area contributed by atoms with Gasteiger partial charge < -0.3 is 15.6 Å². The molecule has 0 radical (unpaired) electrons. The van der Waals surface area contributed by atoms with Crippen molar-refractivity contribution >= 4 is 17.5 Å². The van der Waals surface area contributed by atoms with E-state index in [-0.39, 0.29) is 0 Å². The van der Waals surface area contributed by atoms with Crippen LogP contribution in [0.4, 0.5) is 17.5 Å². The van der Waals surface area contributed by atoms with Gasteiger partial charge in [0.25, 0.3) is 0 Å². The van der Waals surface area contributed by atoms with Crippen molar-refractivity contribution in [2.75, 3.05) is 11.1 Å². The summed E-state index contributed by atoms with van der Waals surface area (Å²) in [6, 6.07) is 9.50. The lowest BCUT2D eigenvalue weighted by molar-refractivity contribution is 1.06. The van der Waals surface area contributed by atoms with Crippen LogP contribution < -0.4 is 11.1 Å². The number of nitrogens with zero attached hydrogens (tertiary/aromatic N) is 4. The number of hydrogen-bond donors (Lipinski definition) is 2. The molecule has 0 unspecified atom stereocenters. The zero-order chi connectivity index (χ0) is 13.1. The first-order valence-electron chi connectivity index (χ1n) is 5.75. The van der Waals surface area contributed by atoms with Crippen LogP contribution in [0.2, 0.25) is 0 Å². The van der Waals surface area contributed by atoms with E-state index in [0.717, 1.165) is 11.4 Å². The van der Waals surface area contributed by atoms with Gasteiger partial charge in [0.15, 0.2) is 0 Å². The number of hydrogen-bond acceptors (Lipinski definition) is 5. The predicted molar refractivity (Wildman–Crippen MR) is 73.3 cm³/mol. The van der Waals surface area contributed by atoms with Crippen molar-refractivity contribution in [3.05, 3.63) is 55.2 Å². The standard InChI is InChI=1S/C13H12N6/c14-12-5-6-16-13(18-12)17-10-1-3-11(4-2-10)19-8-7-15-9-19/h1-9H,(H3,14,16,17,18). The number of nitrogens with two attached hydrogens (primary N) is 1. The van der Waals surface area contributed by atoms with Crippen LogP contribution in [0.3, 0.4) is 0 Å². The average molecular weight is 252 g/mol. The summed E-state index contributed by atoms with van der Waals surface area (Å²) in [7, 11) is 0. The molecule has 6 heteroatoms. The van der Waals surface area contributed by atoms with E-state index in [0.29, 0.717) is 11.8 Å². The van der Waals surface area contributed by atoms with E-state index in [1.165, 1.54) is 0 Å². The highest BCUT2D eigenvalue weighted by Gasteiger charge is 1.99. The maximum atomic E-state index is 5.60. The Balaban J connectivity index is 1.80. The summed E-state index contributed by atoms with van der Waals surface area (Å²) in [5, 5.41) is 3.09. The van der Waals surface area contributed by atoms with Gasteiger partial charge in [0.2, 0.25) is 5.95 Å². The molecule has 0 atom stereocenters. The molecular formula is C13H12N6.